The Morgan fingerprint density at radius 2 is 2.00 bits per heavy atom. The van der Waals surface area contributed by atoms with Gasteiger partial charge in [0.25, 0.3) is 0 Å². The summed E-state index contributed by atoms with van der Waals surface area (Å²) in [5, 5.41) is 3.17. The van der Waals surface area contributed by atoms with Gasteiger partial charge >= 0.3 is 0 Å². The normalized spacial score (nSPS) is 13.5. The molecule has 2 aromatic rings. The largest absolute Gasteiger partial charge is 0.324 e. The zero-order valence-corrected chi connectivity index (χ0v) is 10.7. The van der Waals surface area contributed by atoms with Crippen LogP contribution in [0.3, 0.4) is 0 Å². The van der Waals surface area contributed by atoms with Gasteiger partial charge in [-0.15, -0.1) is 0 Å². The zero-order valence-electron chi connectivity index (χ0n) is 10.7. The van der Waals surface area contributed by atoms with E-state index in [2.05, 4.69) is 35.6 Å². The maximum atomic E-state index is 13.2. The van der Waals surface area contributed by atoms with Gasteiger partial charge in [-0.3, -0.25) is 0 Å². The van der Waals surface area contributed by atoms with Crippen molar-refractivity contribution in [1.29, 1.82) is 0 Å². The third-order valence-corrected chi connectivity index (χ3v) is 3.02. The quantitative estimate of drug-likeness (QED) is 0.886. The number of imidazole rings is 1. The smallest absolute Gasteiger partial charge is 0.127 e. The summed E-state index contributed by atoms with van der Waals surface area (Å²) in [6.07, 6.45) is 0. The Morgan fingerprint density at radius 1 is 1.29 bits per heavy atom. The Morgan fingerprint density at radius 3 is 2.59 bits per heavy atom. The van der Waals surface area contributed by atoms with Gasteiger partial charge in [0, 0.05) is 12.1 Å². The number of aromatic nitrogens is 2. The van der Waals surface area contributed by atoms with E-state index in [1.54, 1.807) is 6.07 Å². The van der Waals surface area contributed by atoms with Crippen molar-refractivity contribution in [1.82, 2.24) is 14.9 Å². The van der Waals surface area contributed by atoms with Crippen LogP contribution in [0.4, 0.5) is 4.39 Å². The molecule has 0 aliphatic heterocycles. The number of hydrogen-bond acceptors (Lipinski definition) is 2. The van der Waals surface area contributed by atoms with Gasteiger partial charge in [-0.25, -0.2) is 9.37 Å². The standard InChI is InChI=1S/C13H18FN3/c1-8(2)17-12-6-5-10(14)7-11(12)16-13(17)9(3)15-4/h5-9,15H,1-4H3. The maximum absolute atomic E-state index is 13.2. The van der Waals surface area contributed by atoms with E-state index in [1.807, 2.05) is 7.05 Å². The molecule has 0 fully saturated rings. The summed E-state index contributed by atoms with van der Waals surface area (Å²) in [6, 6.07) is 5.21. The van der Waals surface area contributed by atoms with Crippen molar-refractivity contribution in [3.05, 3.63) is 29.8 Å². The van der Waals surface area contributed by atoms with Crippen molar-refractivity contribution < 1.29 is 4.39 Å². The minimum atomic E-state index is -0.241. The van der Waals surface area contributed by atoms with E-state index in [4.69, 9.17) is 0 Å². The Hall–Kier alpha value is -1.42. The van der Waals surface area contributed by atoms with Crippen LogP contribution in [0.2, 0.25) is 0 Å². The van der Waals surface area contributed by atoms with Gasteiger partial charge in [-0.1, -0.05) is 0 Å². The van der Waals surface area contributed by atoms with Crippen LogP contribution in [-0.2, 0) is 0 Å². The van der Waals surface area contributed by atoms with Gasteiger partial charge in [-0.2, -0.15) is 0 Å². The fraction of sp³-hybridized carbons (Fsp3) is 0.462. The van der Waals surface area contributed by atoms with Crippen LogP contribution in [-0.4, -0.2) is 16.6 Å². The number of rotatable bonds is 3. The molecule has 0 aliphatic carbocycles. The molecule has 0 spiro atoms. The van der Waals surface area contributed by atoms with Crippen molar-refractivity contribution in [3.8, 4) is 0 Å². The first kappa shape index (κ1) is 12.0. The average molecular weight is 235 g/mol. The molecular formula is C13H18FN3. The Balaban J connectivity index is 2.70. The number of fused-ring (bicyclic) bond motifs is 1. The lowest BCUT2D eigenvalue weighted by Gasteiger charge is -2.17. The molecule has 1 unspecified atom stereocenters. The molecule has 3 nitrogen and oxygen atoms in total. The van der Waals surface area contributed by atoms with Crippen molar-refractivity contribution in [2.24, 2.45) is 0 Å². The molecule has 1 atom stereocenters. The van der Waals surface area contributed by atoms with Crippen molar-refractivity contribution in [3.63, 3.8) is 0 Å². The van der Waals surface area contributed by atoms with E-state index in [0.717, 1.165) is 16.9 Å². The van der Waals surface area contributed by atoms with Gasteiger partial charge in [0.15, 0.2) is 0 Å². The molecule has 0 saturated heterocycles. The second-order valence-corrected chi connectivity index (χ2v) is 4.58. The van der Waals surface area contributed by atoms with Crippen LogP contribution in [0.1, 0.15) is 38.7 Å². The van der Waals surface area contributed by atoms with Gasteiger partial charge < -0.3 is 9.88 Å². The van der Waals surface area contributed by atoms with Crippen LogP contribution in [0.5, 0.6) is 0 Å². The highest BCUT2D eigenvalue weighted by Crippen LogP contribution is 2.25. The first-order valence-corrected chi connectivity index (χ1v) is 5.89. The first-order chi connectivity index (χ1) is 8.04. The molecule has 1 aromatic heterocycles. The van der Waals surface area contributed by atoms with Crippen LogP contribution in [0, 0.1) is 5.82 Å². The molecule has 0 amide bonds. The number of benzene rings is 1. The monoisotopic (exact) mass is 235 g/mol. The van der Waals surface area contributed by atoms with Gasteiger partial charge in [0.05, 0.1) is 17.1 Å². The number of nitrogens with one attached hydrogen (secondary N) is 1. The lowest BCUT2D eigenvalue weighted by atomic mass is 10.2. The molecule has 4 heteroatoms. The highest BCUT2D eigenvalue weighted by molar-refractivity contribution is 5.76. The summed E-state index contributed by atoms with van der Waals surface area (Å²) < 4.78 is 15.3. The van der Waals surface area contributed by atoms with Crippen LogP contribution < -0.4 is 5.32 Å². The highest BCUT2D eigenvalue weighted by Gasteiger charge is 2.17. The third-order valence-electron chi connectivity index (χ3n) is 3.02. The fourth-order valence-corrected chi connectivity index (χ4v) is 2.07. The van der Waals surface area contributed by atoms with E-state index >= 15 is 0 Å². The van der Waals surface area contributed by atoms with E-state index in [1.165, 1.54) is 12.1 Å². The average Bonchev–Trinajstić information content (AvgIpc) is 2.66. The number of nitrogens with zero attached hydrogens (tertiary/aromatic N) is 2. The van der Waals surface area contributed by atoms with Crippen LogP contribution in [0.25, 0.3) is 11.0 Å². The van der Waals surface area contributed by atoms with Gasteiger partial charge in [0.2, 0.25) is 0 Å². The second-order valence-electron chi connectivity index (χ2n) is 4.58. The summed E-state index contributed by atoms with van der Waals surface area (Å²) in [4.78, 5) is 4.53. The first-order valence-electron chi connectivity index (χ1n) is 5.89. The highest BCUT2D eigenvalue weighted by atomic mass is 19.1. The fourth-order valence-electron chi connectivity index (χ4n) is 2.07. The third kappa shape index (κ3) is 2.05. The predicted octanol–water partition coefficient (Wildman–Crippen LogP) is 3.04. The van der Waals surface area contributed by atoms with E-state index < -0.39 is 0 Å². The predicted molar refractivity (Wildman–Crippen MR) is 67.6 cm³/mol. The molecule has 0 bridgehead atoms. The zero-order chi connectivity index (χ0) is 12.6. The summed E-state index contributed by atoms with van der Waals surface area (Å²) >= 11 is 0. The Labute approximate surface area is 101 Å². The van der Waals surface area contributed by atoms with Crippen LogP contribution >= 0.6 is 0 Å². The van der Waals surface area contributed by atoms with Crippen molar-refractivity contribution in [2.75, 3.05) is 7.05 Å². The van der Waals surface area contributed by atoms with Gasteiger partial charge in [0.1, 0.15) is 11.6 Å². The molecule has 92 valence electrons. The summed E-state index contributed by atoms with van der Waals surface area (Å²) in [5.41, 5.74) is 1.70. The van der Waals surface area contributed by atoms with E-state index in [0.29, 0.717) is 6.04 Å². The van der Waals surface area contributed by atoms with E-state index in [9.17, 15) is 4.39 Å². The lowest BCUT2D eigenvalue weighted by molar-refractivity contribution is 0.520. The molecular weight excluding hydrogens is 217 g/mol. The molecule has 0 radical (unpaired) electrons. The van der Waals surface area contributed by atoms with Gasteiger partial charge in [-0.05, 0) is 40.0 Å². The van der Waals surface area contributed by atoms with Crippen LogP contribution in [0.15, 0.2) is 18.2 Å². The molecule has 2 rings (SSSR count). The van der Waals surface area contributed by atoms with Crippen molar-refractivity contribution >= 4 is 11.0 Å². The maximum Gasteiger partial charge on any atom is 0.127 e. The second kappa shape index (κ2) is 4.45. The molecule has 0 saturated carbocycles. The van der Waals surface area contributed by atoms with E-state index in [-0.39, 0.29) is 11.9 Å². The van der Waals surface area contributed by atoms with Crippen molar-refractivity contribution in [2.45, 2.75) is 32.9 Å². The summed E-state index contributed by atoms with van der Waals surface area (Å²) in [6.45, 7) is 6.27. The number of hydrogen-bond donors (Lipinski definition) is 1. The SMILES string of the molecule is CNC(C)c1nc2cc(F)ccc2n1C(C)C. The topological polar surface area (TPSA) is 29.9 Å². The minimum Gasteiger partial charge on any atom is -0.324 e. The molecule has 1 aromatic carbocycles. The molecule has 17 heavy (non-hydrogen) atoms. The summed E-state index contributed by atoms with van der Waals surface area (Å²) in [7, 11) is 1.90. The molecule has 0 aliphatic rings. The molecule has 1 heterocycles. The lowest BCUT2D eigenvalue weighted by Crippen LogP contribution is -2.18. The molecule has 1 N–H and O–H groups in total. The Bertz CT molecular complexity index is 531. The summed E-state index contributed by atoms with van der Waals surface area (Å²) in [5.74, 6) is 0.706. The number of halogens is 1. The minimum absolute atomic E-state index is 0.146. The Kier molecular flexibility index (Phi) is 3.15.